The molecule has 0 saturated heterocycles. The minimum atomic E-state index is -0.563. The summed E-state index contributed by atoms with van der Waals surface area (Å²) in [7, 11) is 0. The second kappa shape index (κ2) is 14.9. The molecular weight excluding hydrogens is 717 g/mol. The van der Waals surface area contributed by atoms with E-state index in [-0.39, 0.29) is 39.1 Å². The third-order valence-electron chi connectivity index (χ3n) is 10.1. The van der Waals surface area contributed by atoms with Crippen LogP contribution in [0.4, 0.5) is 0 Å². The van der Waals surface area contributed by atoms with Crippen LogP contribution in [0.5, 0.6) is 11.5 Å². The Hall–Kier alpha value is -6.50. The highest BCUT2D eigenvalue weighted by atomic mass is 32.2. The SMILES string of the molecule is [2H]c1c([2H])c([2H])c(-c2cccc(-c3c([2H])c([2H])c([2H])c([2H])c3[2H])c2-[n+]2[c-]n(-c3cccc(Oc4cccc(-c5ncnc6c5SC5C(CC(C)C)=CC=CC65)c4)c3)c3ccccc32)c([2H])c1[2H]. The Kier molecular flexibility index (Phi) is 6.68. The van der Waals surface area contributed by atoms with Crippen molar-refractivity contribution < 1.29 is 23.0 Å². The molecule has 0 bridgehead atoms. The molecule has 2 unspecified atom stereocenters. The quantitative estimate of drug-likeness (QED) is 0.108. The zero-order chi connectivity index (χ0) is 47.0. The summed E-state index contributed by atoms with van der Waals surface area (Å²) >= 11 is 1.83. The third kappa shape index (κ3) is 6.56. The van der Waals surface area contributed by atoms with Gasteiger partial charge in [-0.15, -0.1) is 11.8 Å². The molecule has 2 atom stereocenters. The van der Waals surface area contributed by atoms with Gasteiger partial charge in [0, 0.05) is 16.7 Å². The molecule has 1 aliphatic heterocycles. The van der Waals surface area contributed by atoms with Crippen LogP contribution in [0.1, 0.15) is 45.6 Å². The van der Waals surface area contributed by atoms with Gasteiger partial charge in [0.15, 0.2) is 0 Å². The fraction of sp³-hybridized carbons (Fsp3) is 0.118. The Balaban J connectivity index is 1.08. The second-order valence-corrected chi connectivity index (χ2v) is 15.5. The summed E-state index contributed by atoms with van der Waals surface area (Å²) in [6.45, 7) is 4.48. The maximum absolute atomic E-state index is 8.98. The van der Waals surface area contributed by atoms with Gasteiger partial charge in [0.1, 0.15) is 17.8 Å². The van der Waals surface area contributed by atoms with E-state index in [0.29, 0.717) is 34.1 Å². The Morgan fingerprint density at radius 2 is 1.49 bits per heavy atom. The van der Waals surface area contributed by atoms with E-state index in [1.54, 1.807) is 33.7 Å². The highest BCUT2D eigenvalue weighted by Crippen LogP contribution is 2.53. The number of rotatable bonds is 9. The standard InChI is InChI=1S/C51H40N4OS/c1-34(2)29-38-20-12-26-44-48-51(57-50(38)44)47(52-32-53-48)37-19-11-22-40(30-37)56-41-23-13-21-39(31-41)54-33-55(46-28-10-9-27-45(46)54)49-42(35-15-5-3-6-16-35)24-14-25-43(49)36-17-7-4-8-18-36/h3-28,30-32,34,44,50H,29H2,1-2H3/i3D,4D,5D,6D,7D,8D,15D,16D,17D,18D. The molecule has 6 aromatic carbocycles. The van der Waals surface area contributed by atoms with Crippen LogP contribution in [0.2, 0.25) is 0 Å². The largest absolute Gasteiger partial charge is 0.458 e. The second-order valence-electron chi connectivity index (χ2n) is 14.3. The summed E-state index contributed by atoms with van der Waals surface area (Å²) in [5, 5.41) is 0.279. The number of allylic oxidation sites excluding steroid dienone is 3. The zero-order valence-electron chi connectivity index (χ0n) is 41.0. The first-order valence-electron chi connectivity index (χ1n) is 23.7. The van der Waals surface area contributed by atoms with E-state index < -0.39 is 60.4 Å². The molecule has 8 aromatic rings. The van der Waals surface area contributed by atoms with Gasteiger partial charge < -0.3 is 4.74 Å². The molecule has 0 saturated carbocycles. The zero-order valence-corrected chi connectivity index (χ0v) is 31.8. The topological polar surface area (TPSA) is 43.8 Å². The van der Waals surface area contributed by atoms with E-state index in [4.69, 9.17) is 28.4 Å². The molecule has 3 heterocycles. The van der Waals surface area contributed by atoms with E-state index in [9.17, 15) is 0 Å². The van der Waals surface area contributed by atoms with Crippen molar-refractivity contribution in [1.29, 1.82) is 0 Å². The van der Waals surface area contributed by atoms with E-state index in [1.807, 2.05) is 84.6 Å². The van der Waals surface area contributed by atoms with Crippen LogP contribution in [-0.4, -0.2) is 19.8 Å². The summed E-state index contributed by atoms with van der Waals surface area (Å²) in [5.41, 5.74) is 6.33. The molecule has 10 rings (SSSR count). The number of para-hydroxylation sites is 3. The van der Waals surface area contributed by atoms with Gasteiger partial charge in [-0.05, 0) is 64.9 Å². The van der Waals surface area contributed by atoms with Crippen molar-refractivity contribution in [2.75, 3.05) is 0 Å². The predicted octanol–water partition coefficient (Wildman–Crippen LogP) is 12.4. The van der Waals surface area contributed by atoms with Crippen LogP contribution >= 0.6 is 11.8 Å². The van der Waals surface area contributed by atoms with Crippen molar-refractivity contribution in [3.8, 4) is 56.4 Å². The van der Waals surface area contributed by atoms with Gasteiger partial charge in [-0.2, -0.15) is 0 Å². The molecular formula is C51H40N4OS. The van der Waals surface area contributed by atoms with Crippen LogP contribution in [0, 0.1) is 12.2 Å². The van der Waals surface area contributed by atoms with E-state index in [2.05, 4.69) is 38.4 Å². The number of nitrogens with zero attached hydrogens (tertiary/aromatic N) is 4. The third-order valence-corrected chi connectivity index (χ3v) is 11.6. The highest BCUT2D eigenvalue weighted by molar-refractivity contribution is 8.00. The first-order chi connectivity index (χ1) is 32.2. The Morgan fingerprint density at radius 3 is 2.25 bits per heavy atom. The van der Waals surface area contributed by atoms with Gasteiger partial charge in [0.05, 0.1) is 52.4 Å². The van der Waals surface area contributed by atoms with Crippen molar-refractivity contribution in [3.05, 3.63) is 194 Å². The van der Waals surface area contributed by atoms with Crippen molar-refractivity contribution in [1.82, 2.24) is 14.5 Å². The molecule has 0 amide bonds. The number of ether oxygens (including phenoxy) is 1. The normalized spacial score (nSPS) is 18.2. The minimum Gasteiger partial charge on any atom is -0.458 e. The maximum atomic E-state index is 8.98. The number of fused-ring (bicyclic) bond motifs is 4. The van der Waals surface area contributed by atoms with Gasteiger partial charge in [0.25, 0.3) is 6.33 Å². The van der Waals surface area contributed by atoms with Crippen LogP contribution in [0.25, 0.3) is 55.9 Å². The molecule has 0 fully saturated rings. The lowest BCUT2D eigenvalue weighted by Gasteiger charge is -2.23. The lowest BCUT2D eigenvalue weighted by atomic mass is 9.87. The predicted molar refractivity (Wildman–Crippen MR) is 231 cm³/mol. The van der Waals surface area contributed by atoms with Gasteiger partial charge >= 0.3 is 0 Å². The molecule has 6 heteroatoms. The van der Waals surface area contributed by atoms with Crippen molar-refractivity contribution in [3.63, 3.8) is 0 Å². The number of aromatic nitrogens is 4. The van der Waals surface area contributed by atoms with Crippen LogP contribution in [0.3, 0.4) is 0 Å². The average molecular weight is 767 g/mol. The minimum absolute atomic E-state index is 0.126. The van der Waals surface area contributed by atoms with E-state index in [1.165, 1.54) is 5.57 Å². The van der Waals surface area contributed by atoms with Gasteiger partial charge in [-0.25, -0.2) is 9.97 Å². The summed E-state index contributed by atoms with van der Waals surface area (Å²) in [5.74, 6) is 1.84. The van der Waals surface area contributed by atoms with Gasteiger partial charge in [-0.1, -0.05) is 159 Å². The lowest BCUT2D eigenvalue weighted by molar-refractivity contribution is -0.571. The highest BCUT2D eigenvalue weighted by Gasteiger charge is 2.38. The number of hydrogen-bond donors (Lipinski definition) is 0. The molecule has 0 N–H and O–H groups in total. The molecule has 0 radical (unpaired) electrons. The van der Waals surface area contributed by atoms with Crippen molar-refractivity contribution in [2.45, 2.75) is 36.3 Å². The van der Waals surface area contributed by atoms with Crippen molar-refractivity contribution >= 4 is 22.8 Å². The first-order valence-corrected chi connectivity index (χ1v) is 19.6. The van der Waals surface area contributed by atoms with Crippen LogP contribution in [0.15, 0.2) is 186 Å². The Morgan fingerprint density at radius 1 is 0.789 bits per heavy atom. The Bertz CT molecular complexity index is 3280. The molecule has 276 valence electrons. The fourth-order valence-electron chi connectivity index (χ4n) is 7.74. The smallest absolute Gasteiger partial charge is 0.269 e. The number of hydrogen-bond acceptors (Lipinski definition) is 4. The molecule has 2 aliphatic rings. The number of benzene rings is 6. The molecule has 5 nitrogen and oxygen atoms in total. The van der Waals surface area contributed by atoms with E-state index in [0.717, 1.165) is 28.3 Å². The molecule has 0 spiro atoms. The number of imidazole rings is 1. The summed E-state index contributed by atoms with van der Waals surface area (Å²) < 4.78 is 96.7. The lowest BCUT2D eigenvalue weighted by Crippen LogP contribution is -2.31. The van der Waals surface area contributed by atoms with Crippen LogP contribution in [-0.2, 0) is 0 Å². The first kappa shape index (κ1) is 25.6. The molecule has 1 aliphatic carbocycles. The summed E-state index contributed by atoms with van der Waals surface area (Å²) in [6.07, 6.45) is 12.7. The summed E-state index contributed by atoms with van der Waals surface area (Å²) in [6, 6.07) is 22.2. The average Bonchev–Trinajstić information content (AvgIpc) is 3.91. The fourth-order valence-corrected chi connectivity index (χ4v) is 9.28. The number of thioether (sulfide) groups is 1. The van der Waals surface area contributed by atoms with Gasteiger partial charge in [0.2, 0.25) is 0 Å². The van der Waals surface area contributed by atoms with Crippen LogP contribution < -0.4 is 9.30 Å². The molecule has 57 heavy (non-hydrogen) atoms. The van der Waals surface area contributed by atoms with E-state index >= 15 is 0 Å². The maximum Gasteiger partial charge on any atom is 0.269 e. The van der Waals surface area contributed by atoms with Gasteiger partial charge in [-0.3, -0.25) is 9.13 Å². The van der Waals surface area contributed by atoms with Crippen molar-refractivity contribution in [2.24, 2.45) is 5.92 Å². The summed E-state index contributed by atoms with van der Waals surface area (Å²) in [4.78, 5) is 10.6. The molecule has 2 aromatic heterocycles. The Labute approximate surface area is 351 Å². The monoisotopic (exact) mass is 766 g/mol.